The summed E-state index contributed by atoms with van der Waals surface area (Å²) in [5.74, 6) is 5.84. The average Bonchev–Trinajstić information content (AvgIpc) is 3.19. The number of anilines is 2. The van der Waals surface area contributed by atoms with Gasteiger partial charge in [0.15, 0.2) is 5.13 Å². The number of thiazole rings is 1. The van der Waals surface area contributed by atoms with Crippen molar-refractivity contribution < 1.29 is 4.79 Å². The van der Waals surface area contributed by atoms with Crippen molar-refractivity contribution in [2.75, 3.05) is 10.7 Å². The quantitative estimate of drug-likeness (QED) is 0.597. The highest BCUT2D eigenvalue weighted by molar-refractivity contribution is 7.14. The molecule has 104 valence electrons. The third-order valence-electron chi connectivity index (χ3n) is 3.31. The molecule has 20 heavy (non-hydrogen) atoms. The molecule has 1 heterocycles. The van der Waals surface area contributed by atoms with E-state index in [0.29, 0.717) is 22.3 Å². The van der Waals surface area contributed by atoms with E-state index in [2.05, 4.69) is 15.7 Å². The SMILES string of the molecule is Cc1ccc(NN)c(C(=O)Nc2nc(C3CC3)cs2)c1. The van der Waals surface area contributed by atoms with Gasteiger partial charge in [0.05, 0.1) is 16.9 Å². The molecule has 1 aliphatic carbocycles. The van der Waals surface area contributed by atoms with Gasteiger partial charge in [-0.3, -0.25) is 16.0 Å². The lowest BCUT2D eigenvalue weighted by Crippen LogP contribution is -2.17. The summed E-state index contributed by atoms with van der Waals surface area (Å²) in [7, 11) is 0. The highest BCUT2D eigenvalue weighted by Gasteiger charge is 2.26. The number of amides is 1. The van der Waals surface area contributed by atoms with E-state index in [1.165, 1.54) is 24.2 Å². The first-order valence-corrected chi connectivity index (χ1v) is 7.39. The molecule has 0 unspecified atom stereocenters. The van der Waals surface area contributed by atoms with E-state index in [1.54, 1.807) is 12.1 Å². The van der Waals surface area contributed by atoms with E-state index in [-0.39, 0.29) is 5.91 Å². The molecule has 0 saturated heterocycles. The first kappa shape index (κ1) is 13.1. The predicted octanol–water partition coefficient (Wildman–Crippen LogP) is 2.87. The van der Waals surface area contributed by atoms with Crippen LogP contribution in [0.1, 0.15) is 40.4 Å². The van der Waals surface area contributed by atoms with Crippen LogP contribution < -0.4 is 16.6 Å². The van der Waals surface area contributed by atoms with Crippen molar-refractivity contribution in [3.63, 3.8) is 0 Å². The van der Waals surface area contributed by atoms with E-state index in [0.717, 1.165) is 11.3 Å². The van der Waals surface area contributed by atoms with E-state index < -0.39 is 0 Å². The number of carbonyl (C=O) groups is 1. The Morgan fingerprint density at radius 1 is 1.45 bits per heavy atom. The summed E-state index contributed by atoms with van der Waals surface area (Å²) in [6.45, 7) is 1.94. The van der Waals surface area contributed by atoms with Crippen LogP contribution in [0.15, 0.2) is 23.6 Å². The highest BCUT2D eigenvalue weighted by Crippen LogP contribution is 2.40. The van der Waals surface area contributed by atoms with E-state index in [4.69, 9.17) is 5.84 Å². The Hall–Kier alpha value is -1.92. The van der Waals surface area contributed by atoms with Crippen LogP contribution in [-0.2, 0) is 0 Å². The molecule has 0 bridgehead atoms. The number of carbonyl (C=O) groups excluding carboxylic acids is 1. The maximum atomic E-state index is 12.3. The van der Waals surface area contributed by atoms with Gasteiger partial charge in [-0.25, -0.2) is 4.98 Å². The highest BCUT2D eigenvalue weighted by atomic mass is 32.1. The lowest BCUT2D eigenvalue weighted by atomic mass is 10.1. The fraction of sp³-hybridized carbons (Fsp3) is 0.286. The molecule has 0 spiro atoms. The minimum absolute atomic E-state index is 0.196. The summed E-state index contributed by atoms with van der Waals surface area (Å²) in [6.07, 6.45) is 2.41. The topological polar surface area (TPSA) is 80.0 Å². The van der Waals surface area contributed by atoms with Crippen molar-refractivity contribution in [3.8, 4) is 0 Å². The Morgan fingerprint density at radius 3 is 2.95 bits per heavy atom. The fourth-order valence-electron chi connectivity index (χ4n) is 2.05. The molecule has 1 aromatic carbocycles. The minimum atomic E-state index is -0.196. The van der Waals surface area contributed by atoms with Gasteiger partial charge in [0.1, 0.15) is 0 Å². The number of nitrogens with one attached hydrogen (secondary N) is 2. The zero-order chi connectivity index (χ0) is 14.1. The fourth-order valence-corrected chi connectivity index (χ4v) is 2.83. The van der Waals surface area contributed by atoms with Crippen LogP contribution in [-0.4, -0.2) is 10.9 Å². The molecule has 1 fully saturated rings. The largest absolute Gasteiger partial charge is 0.323 e. The van der Waals surface area contributed by atoms with Crippen LogP contribution in [0.4, 0.5) is 10.8 Å². The Kier molecular flexibility index (Phi) is 3.42. The zero-order valence-electron chi connectivity index (χ0n) is 11.1. The number of hydrogen-bond acceptors (Lipinski definition) is 5. The lowest BCUT2D eigenvalue weighted by Gasteiger charge is -2.09. The van der Waals surface area contributed by atoms with Gasteiger partial charge >= 0.3 is 0 Å². The molecule has 5 nitrogen and oxygen atoms in total. The smallest absolute Gasteiger partial charge is 0.259 e. The number of benzene rings is 1. The van der Waals surface area contributed by atoms with Crippen molar-refractivity contribution in [2.45, 2.75) is 25.7 Å². The summed E-state index contributed by atoms with van der Waals surface area (Å²) in [5, 5.41) is 5.50. The standard InChI is InChI=1S/C14H16N4OS/c1-8-2-5-11(18-15)10(6-8)13(19)17-14-16-12(7-20-14)9-3-4-9/h2,5-7,9,18H,3-4,15H2,1H3,(H,16,17,19). The Balaban J connectivity index is 1.79. The van der Waals surface area contributed by atoms with Gasteiger partial charge in [0.25, 0.3) is 5.91 Å². The number of aryl methyl sites for hydroxylation is 1. The molecule has 1 aromatic heterocycles. The Labute approximate surface area is 121 Å². The number of rotatable bonds is 4. The third kappa shape index (κ3) is 2.66. The predicted molar refractivity (Wildman–Crippen MR) is 81.0 cm³/mol. The second kappa shape index (κ2) is 5.22. The maximum absolute atomic E-state index is 12.3. The normalized spacial score (nSPS) is 14.1. The van der Waals surface area contributed by atoms with E-state index in [9.17, 15) is 4.79 Å². The molecule has 1 amide bonds. The van der Waals surface area contributed by atoms with Crippen molar-refractivity contribution >= 4 is 28.1 Å². The molecule has 1 aliphatic rings. The summed E-state index contributed by atoms with van der Waals surface area (Å²) in [4.78, 5) is 16.8. The van der Waals surface area contributed by atoms with E-state index in [1.807, 2.05) is 18.4 Å². The Morgan fingerprint density at radius 2 is 2.25 bits per heavy atom. The van der Waals surface area contributed by atoms with Gasteiger partial charge in [-0.2, -0.15) is 0 Å². The lowest BCUT2D eigenvalue weighted by molar-refractivity contribution is 0.102. The maximum Gasteiger partial charge on any atom is 0.259 e. The number of nitrogens with zero attached hydrogens (tertiary/aromatic N) is 1. The van der Waals surface area contributed by atoms with Crippen LogP contribution in [0.3, 0.4) is 0 Å². The molecular formula is C14H16N4OS. The summed E-state index contributed by atoms with van der Waals surface area (Å²) >= 11 is 1.46. The molecule has 2 aromatic rings. The van der Waals surface area contributed by atoms with Gasteiger partial charge in [-0.1, -0.05) is 11.6 Å². The van der Waals surface area contributed by atoms with Gasteiger partial charge in [0, 0.05) is 11.3 Å². The van der Waals surface area contributed by atoms with Gasteiger partial charge in [-0.15, -0.1) is 11.3 Å². The molecule has 0 radical (unpaired) electrons. The molecule has 3 rings (SSSR count). The molecule has 4 N–H and O–H groups in total. The third-order valence-corrected chi connectivity index (χ3v) is 4.09. The average molecular weight is 288 g/mol. The van der Waals surface area contributed by atoms with Crippen LogP contribution >= 0.6 is 11.3 Å². The first-order valence-electron chi connectivity index (χ1n) is 6.51. The molecule has 1 saturated carbocycles. The first-order chi connectivity index (χ1) is 9.67. The van der Waals surface area contributed by atoms with Crippen molar-refractivity contribution in [2.24, 2.45) is 5.84 Å². The molecular weight excluding hydrogens is 272 g/mol. The number of hydrazine groups is 1. The van der Waals surface area contributed by atoms with Gasteiger partial charge < -0.3 is 5.43 Å². The Bertz CT molecular complexity index is 648. The van der Waals surface area contributed by atoms with Crippen LogP contribution in [0.25, 0.3) is 0 Å². The second-order valence-corrected chi connectivity index (χ2v) is 5.86. The number of aromatic nitrogens is 1. The van der Waals surface area contributed by atoms with Crippen LogP contribution in [0.2, 0.25) is 0 Å². The molecule has 0 atom stereocenters. The second-order valence-electron chi connectivity index (χ2n) is 5.00. The van der Waals surface area contributed by atoms with E-state index >= 15 is 0 Å². The number of nitrogen functional groups attached to an aromatic ring is 1. The summed E-state index contributed by atoms with van der Waals surface area (Å²) in [5.41, 5.74) is 5.77. The number of nitrogens with two attached hydrogens (primary N) is 1. The van der Waals surface area contributed by atoms with Gasteiger partial charge in [-0.05, 0) is 31.9 Å². The van der Waals surface area contributed by atoms with Crippen LogP contribution in [0, 0.1) is 6.92 Å². The monoisotopic (exact) mass is 288 g/mol. The summed E-state index contributed by atoms with van der Waals surface area (Å²) < 4.78 is 0. The van der Waals surface area contributed by atoms with Crippen molar-refractivity contribution in [1.29, 1.82) is 0 Å². The number of hydrogen-bond donors (Lipinski definition) is 3. The molecule has 0 aliphatic heterocycles. The zero-order valence-corrected chi connectivity index (χ0v) is 12.0. The van der Waals surface area contributed by atoms with Gasteiger partial charge in [0.2, 0.25) is 0 Å². The molecule has 6 heteroatoms. The van der Waals surface area contributed by atoms with Crippen molar-refractivity contribution in [3.05, 3.63) is 40.4 Å². The van der Waals surface area contributed by atoms with Crippen molar-refractivity contribution in [1.82, 2.24) is 4.98 Å². The van der Waals surface area contributed by atoms with Crippen LogP contribution in [0.5, 0.6) is 0 Å². The summed E-state index contributed by atoms with van der Waals surface area (Å²) in [6, 6.07) is 5.50. The minimum Gasteiger partial charge on any atom is -0.323 e.